The minimum absolute atomic E-state index is 0.150. The van der Waals surface area contributed by atoms with Gasteiger partial charge in [-0.1, -0.05) is 6.92 Å². The van der Waals surface area contributed by atoms with Crippen LogP contribution in [0.25, 0.3) is 0 Å². The van der Waals surface area contributed by atoms with Gasteiger partial charge in [0.2, 0.25) is 0 Å². The Labute approximate surface area is 134 Å². The Hall–Kier alpha value is -2.77. The molecule has 3 amide bonds. The molecule has 0 aliphatic heterocycles. The minimum atomic E-state index is -0.742. The van der Waals surface area contributed by atoms with E-state index in [0.717, 1.165) is 6.42 Å². The van der Waals surface area contributed by atoms with E-state index in [9.17, 15) is 14.4 Å². The zero-order valence-electron chi connectivity index (χ0n) is 13.3. The van der Waals surface area contributed by atoms with Crippen molar-refractivity contribution in [3.63, 3.8) is 0 Å². The molecule has 0 unspecified atom stereocenters. The molecule has 0 radical (unpaired) electrons. The quantitative estimate of drug-likeness (QED) is 0.728. The van der Waals surface area contributed by atoms with Crippen LogP contribution in [0.3, 0.4) is 0 Å². The van der Waals surface area contributed by atoms with Gasteiger partial charge in [0.25, 0.3) is 5.91 Å². The third-order valence-electron chi connectivity index (χ3n) is 2.75. The fraction of sp³-hybridized carbons (Fsp3) is 0.400. The number of amides is 3. The van der Waals surface area contributed by atoms with Crippen LogP contribution in [-0.2, 0) is 9.53 Å². The summed E-state index contributed by atoms with van der Waals surface area (Å²) < 4.78 is 15.0. The normalized spacial score (nSPS) is 9.70. The number of hydrogen-bond donors (Lipinski definition) is 2. The lowest BCUT2D eigenvalue weighted by Crippen LogP contribution is -2.41. The van der Waals surface area contributed by atoms with Crippen molar-refractivity contribution >= 4 is 17.9 Å². The lowest BCUT2D eigenvalue weighted by Gasteiger charge is -2.10. The third kappa shape index (κ3) is 5.85. The number of esters is 1. The molecule has 1 rings (SSSR count). The van der Waals surface area contributed by atoms with E-state index in [0.29, 0.717) is 12.3 Å². The Morgan fingerprint density at radius 3 is 2.48 bits per heavy atom. The second kappa shape index (κ2) is 9.29. The smallest absolute Gasteiger partial charge is 0.342 e. The van der Waals surface area contributed by atoms with Crippen molar-refractivity contribution < 1.29 is 28.6 Å². The molecule has 1 aromatic rings. The van der Waals surface area contributed by atoms with Crippen LogP contribution in [-0.4, -0.2) is 45.3 Å². The van der Waals surface area contributed by atoms with Gasteiger partial charge in [0, 0.05) is 12.6 Å². The number of hydrogen-bond acceptors (Lipinski definition) is 6. The first-order valence-electron chi connectivity index (χ1n) is 6.98. The van der Waals surface area contributed by atoms with Crippen molar-refractivity contribution in [2.45, 2.75) is 13.3 Å². The second-order valence-electron chi connectivity index (χ2n) is 4.45. The molecule has 0 spiro atoms. The summed E-state index contributed by atoms with van der Waals surface area (Å²) >= 11 is 0. The standard InChI is InChI=1S/C15H20N2O6/c1-4-7-16-15(20)17-13(18)9-23-14(19)11-6-5-10(21-2)8-12(11)22-3/h5-6,8H,4,7,9H2,1-3H3,(H2,16,17,18,20). The van der Waals surface area contributed by atoms with Gasteiger partial charge in [-0.15, -0.1) is 0 Å². The van der Waals surface area contributed by atoms with E-state index in [1.807, 2.05) is 6.92 Å². The van der Waals surface area contributed by atoms with Crippen LogP contribution in [0.2, 0.25) is 0 Å². The van der Waals surface area contributed by atoms with Crippen LogP contribution in [0.5, 0.6) is 11.5 Å². The highest BCUT2D eigenvalue weighted by Crippen LogP contribution is 2.25. The number of benzene rings is 1. The first kappa shape index (κ1) is 18.3. The summed E-state index contributed by atoms with van der Waals surface area (Å²) in [5, 5.41) is 4.52. The number of rotatable bonds is 7. The van der Waals surface area contributed by atoms with E-state index >= 15 is 0 Å². The number of carbonyl (C=O) groups is 3. The van der Waals surface area contributed by atoms with Crippen molar-refractivity contribution in [3.8, 4) is 11.5 Å². The highest BCUT2D eigenvalue weighted by Gasteiger charge is 2.17. The predicted octanol–water partition coefficient (Wildman–Crippen LogP) is 1.10. The monoisotopic (exact) mass is 324 g/mol. The van der Waals surface area contributed by atoms with Crippen molar-refractivity contribution in [3.05, 3.63) is 23.8 Å². The molecule has 0 bridgehead atoms. The third-order valence-corrected chi connectivity index (χ3v) is 2.75. The molecule has 23 heavy (non-hydrogen) atoms. The Balaban J connectivity index is 2.56. The molecule has 0 atom stereocenters. The highest BCUT2D eigenvalue weighted by molar-refractivity contribution is 5.97. The maximum atomic E-state index is 12.0. The van der Waals surface area contributed by atoms with Crippen LogP contribution in [0, 0.1) is 0 Å². The lowest BCUT2D eigenvalue weighted by molar-refractivity contribution is -0.123. The predicted molar refractivity (Wildman–Crippen MR) is 81.7 cm³/mol. The Bertz CT molecular complexity index is 573. The van der Waals surface area contributed by atoms with Crippen LogP contribution in [0.15, 0.2) is 18.2 Å². The molecule has 0 heterocycles. The van der Waals surface area contributed by atoms with E-state index < -0.39 is 24.5 Å². The van der Waals surface area contributed by atoms with Crippen molar-refractivity contribution in [2.75, 3.05) is 27.4 Å². The van der Waals surface area contributed by atoms with Crippen LogP contribution in [0.1, 0.15) is 23.7 Å². The molecule has 1 aromatic carbocycles. The van der Waals surface area contributed by atoms with E-state index in [2.05, 4.69) is 10.6 Å². The molecule has 0 aromatic heterocycles. The van der Waals surface area contributed by atoms with Gasteiger partial charge in [-0.3, -0.25) is 10.1 Å². The summed E-state index contributed by atoms with van der Waals surface area (Å²) in [6.45, 7) is 1.75. The fourth-order valence-corrected chi connectivity index (χ4v) is 1.62. The van der Waals surface area contributed by atoms with Gasteiger partial charge in [-0.25, -0.2) is 9.59 Å². The molecular weight excluding hydrogens is 304 g/mol. The van der Waals surface area contributed by atoms with Gasteiger partial charge >= 0.3 is 12.0 Å². The summed E-state index contributed by atoms with van der Waals surface area (Å²) in [6.07, 6.45) is 0.744. The van der Waals surface area contributed by atoms with E-state index in [1.165, 1.54) is 26.4 Å². The molecule has 0 saturated heterocycles. The van der Waals surface area contributed by atoms with Crippen LogP contribution >= 0.6 is 0 Å². The Morgan fingerprint density at radius 2 is 1.87 bits per heavy atom. The molecule has 8 nitrogen and oxygen atoms in total. The molecule has 0 aliphatic rings. The highest BCUT2D eigenvalue weighted by atomic mass is 16.5. The van der Waals surface area contributed by atoms with E-state index in [-0.39, 0.29) is 11.3 Å². The number of methoxy groups -OCH3 is 2. The zero-order valence-corrected chi connectivity index (χ0v) is 13.3. The summed E-state index contributed by atoms with van der Waals surface area (Å²) in [6, 6.07) is 3.92. The van der Waals surface area contributed by atoms with Gasteiger partial charge in [-0.05, 0) is 18.6 Å². The molecular formula is C15H20N2O6. The lowest BCUT2D eigenvalue weighted by atomic mass is 10.2. The zero-order chi connectivity index (χ0) is 17.2. The molecule has 0 aliphatic carbocycles. The van der Waals surface area contributed by atoms with E-state index in [4.69, 9.17) is 14.2 Å². The van der Waals surface area contributed by atoms with Gasteiger partial charge in [-0.2, -0.15) is 0 Å². The van der Waals surface area contributed by atoms with Crippen LogP contribution in [0.4, 0.5) is 4.79 Å². The summed E-state index contributed by atoms with van der Waals surface area (Å²) in [7, 11) is 2.89. The Morgan fingerprint density at radius 1 is 1.13 bits per heavy atom. The van der Waals surface area contributed by atoms with Gasteiger partial charge in [0.05, 0.1) is 14.2 Å². The van der Waals surface area contributed by atoms with Gasteiger partial charge < -0.3 is 19.5 Å². The summed E-state index contributed by atoms with van der Waals surface area (Å²) in [5.41, 5.74) is 0.150. The first-order valence-corrected chi connectivity index (χ1v) is 6.98. The molecule has 126 valence electrons. The summed E-state index contributed by atoms with van der Waals surface area (Å²) in [5.74, 6) is -0.688. The van der Waals surface area contributed by atoms with Crippen molar-refractivity contribution in [1.29, 1.82) is 0 Å². The molecule has 0 fully saturated rings. The fourth-order valence-electron chi connectivity index (χ4n) is 1.62. The molecule has 2 N–H and O–H groups in total. The minimum Gasteiger partial charge on any atom is -0.497 e. The number of ether oxygens (including phenoxy) is 3. The van der Waals surface area contributed by atoms with Crippen molar-refractivity contribution in [1.82, 2.24) is 10.6 Å². The average molecular weight is 324 g/mol. The molecule has 0 saturated carbocycles. The second-order valence-corrected chi connectivity index (χ2v) is 4.45. The maximum absolute atomic E-state index is 12.0. The SMILES string of the molecule is CCCNC(=O)NC(=O)COC(=O)c1ccc(OC)cc1OC. The topological polar surface area (TPSA) is 103 Å². The summed E-state index contributed by atoms with van der Waals surface area (Å²) in [4.78, 5) is 34.8. The number of nitrogens with one attached hydrogen (secondary N) is 2. The van der Waals surface area contributed by atoms with E-state index in [1.54, 1.807) is 6.07 Å². The van der Waals surface area contributed by atoms with Gasteiger partial charge in [0.15, 0.2) is 6.61 Å². The number of carbonyl (C=O) groups excluding carboxylic acids is 3. The van der Waals surface area contributed by atoms with Gasteiger partial charge in [0.1, 0.15) is 17.1 Å². The number of urea groups is 1. The Kier molecular flexibility index (Phi) is 7.38. The average Bonchev–Trinajstić information content (AvgIpc) is 2.57. The largest absolute Gasteiger partial charge is 0.497 e. The van der Waals surface area contributed by atoms with Crippen LogP contribution < -0.4 is 20.1 Å². The maximum Gasteiger partial charge on any atom is 0.342 e. The number of imide groups is 1. The van der Waals surface area contributed by atoms with Crippen molar-refractivity contribution in [2.24, 2.45) is 0 Å². The first-order chi connectivity index (χ1) is 11.0. The molecule has 8 heteroatoms.